The van der Waals surface area contributed by atoms with Crippen LogP contribution >= 0.6 is 0 Å². The minimum Gasteiger partial charge on any atom is -0.424 e. The van der Waals surface area contributed by atoms with Crippen LogP contribution in [0.15, 0.2) is 42.7 Å². The van der Waals surface area contributed by atoms with Gasteiger partial charge in [-0.3, -0.25) is 14.6 Å². The molecule has 0 saturated heterocycles. The van der Waals surface area contributed by atoms with E-state index in [-0.39, 0.29) is 23.6 Å². The van der Waals surface area contributed by atoms with E-state index in [1.165, 1.54) is 18.5 Å². The summed E-state index contributed by atoms with van der Waals surface area (Å²) in [7, 11) is 0. The highest BCUT2D eigenvalue weighted by Crippen LogP contribution is 2.32. The molecule has 194 valence electrons. The van der Waals surface area contributed by atoms with Crippen molar-refractivity contribution in [3.8, 4) is 11.5 Å². The average Bonchev–Trinajstić information content (AvgIpc) is 2.79. The first-order chi connectivity index (χ1) is 16.8. The van der Waals surface area contributed by atoms with E-state index >= 15 is 0 Å². The molecule has 1 amide bonds. The molecule has 0 aliphatic rings. The van der Waals surface area contributed by atoms with E-state index in [1.54, 1.807) is 65.8 Å². The Balaban J connectivity index is 1.94. The van der Waals surface area contributed by atoms with E-state index in [4.69, 9.17) is 18.9 Å². The second-order valence-electron chi connectivity index (χ2n) is 9.96. The zero-order chi connectivity index (χ0) is 26.9. The predicted octanol–water partition coefficient (Wildman–Crippen LogP) is 4.07. The number of aromatic nitrogens is 1. The van der Waals surface area contributed by atoms with E-state index in [1.807, 2.05) is 0 Å². The van der Waals surface area contributed by atoms with Crippen molar-refractivity contribution in [2.24, 2.45) is 10.8 Å². The summed E-state index contributed by atoms with van der Waals surface area (Å²) in [6.07, 6.45) is 2.44. The van der Waals surface area contributed by atoms with Crippen LogP contribution in [0.3, 0.4) is 0 Å². The number of benzene rings is 1. The number of pyridine rings is 1. The van der Waals surface area contributed by atoms with Crippen LogP contribution in [0.4, 0.5) is 4.79 Å². The Morgan fingerprint density at radius 1 is 0.861 bits per heavy atom. The van der Waals surface area contributed by atoms with Crippen molar-refractivity contribution in [2.75, 3.05) is 13.3 Å². The first-order valence-corrected chi connectivity index (χ1v) is 11.3. The second kappa shape index (κ2) is 12.1. The van der Waals surface area contributed by atoms with Crippen LogP contribution in [0.5, 0.6) is 11.5 Å². The first-order valence-electron chi connectivity index (χ1n) is 11.3. The summed E-state index contributed by atoms with van der Waals surface area (Å²) in [4.78, 5) is 52.3. The maximum atomic E-state index is 12.4. The van der Waals surface area contributed by atoms with Crippen molar-refractivity contribution < 1.29 is 38.1 Å². The Kier molecular flexibility index (Phi) is 9.54. The molecule has 0 aliphatic heterocycles. The van der Waals surface area contributed by atoms with Crippen LogP contribution in [0.1, 0.15) is 57.5 Å². The SMILES string of the molecule is CC(C)(C)C(=O)Oc1ccc(CCNC(=O)OCOC(=O)c2cccnc2)cc1OC(=O)C(C)(C)C. The molecular formula is C26H32N2O8. The number of ether oxygens (including phenoxy) is 4. The fourth-order valence-electron chi connectivity index (χ4n) is 2.44. The number of nitrogens with one attached hydrogen (secondary N) is 1. The van der Waals surface area contributed by atoms with E-state index in [2.05, 4.69) is 10.3 Å². The van der Waals surface area contributed by atoms with Gasteiger partial charge in [0, 0.05) is 18.9 Å². The molecule has 36 heavy (non-hydrogen) atoms. The van der Waals surface area contributed by atoms with Gasteiger partial charge in [0.1, 0.15) is 0 Å². The fourth-order valence-corrected chi connectivity index (χ4v) is 2.44. The lowest BCUT2D eigenvalue weighted by molar-refractivity contribution is -0.145. The Morgan fingerprint density at radius 3 is 2.08 bits per heavy atom. The van der Waals surface area contributed by atoms with Crippen LogP contribution in [0.2, 0.25) is 0 Å². The number of carbonyl (C=O) groups excluding carboxylic acids is 4. The summed E-state index contributed by atoms with van der Waals surface area (Å²) in [6, 6.07) is 7.93. The lowest BCUT2D eigenvalue weighted by atomic mass is 9.97. The Bertz CT molecular complexity index is 1090. The molecule has 2 aromatic rings. The van der Waals surface area contributed by atoms with Gasteiger partial charge in [-0.25, -0.2) is 9.59 Å². The van der Waals surface area contributed by atoms with E-state index in [0.29, 0.717) is 12.0 Å². The monoisotopic (exact) mass is 500 g/mol. The molecule has 0 aliphatic carbocycles. The summed E-state index contributed by atoms with van der Waals surface area (Å²) in [5.74, 6) is -1.40. The largest absolute Gasteiger partial charge is 0.424 e. The van der Waals surface area contributed by atoms with Crippen molar-refractivity contribution in [3.63, 3.8) is 0 Å². The minimum atomic E-state index is -0.774. The third kappa shape index (κ3) is 9.01. The zero-order valence-corrected chi connectivity index (χ0v) is 21.4. The highest BCUT2D eigenvalue weighted by Gasteiger charge is 2.28. The van der Waals surface area contributed by atoms with Gasteiger partial charge in [0.2, 0.25) is 6.79 Å². The number of hydrogen-bond acceptors (Lipinski definition) is 9. The molecule has 0 radical (unpaired) electrons. The number of carbonyl (C=O) groups is 4. The molecule has 1 heterocycles. The van der Waals surface area contributed by atoms with Gasteiger partial charge in [-0.2, -0.15) is 0 Å². The van der Waals surface area contributed by atoms with E-state index in [9.17, 15) is 19.2 Å². The molecule has 2 rings (SSSR count). The van der Waals surface area contributed by atoms with Gasteiger partial charge in [0.05, 0.1) is 16.4 Å². The van der Waals surface area contributed by atoms with Crippen molar-refractivity contribution in [1.29, 1.82) is 0 Å². The highest BCUT2D eigenvalue weighted by molar-refractivity contribution is 5.88. The lowest BCUT2D eigenvalue weighted by Gasteiger charge is -2.20. The van der Waals surface area contributed by atoms with Crippen LogP contribution < -0.4 is 14.8 Å². The number of alkyl carbamates (subject to hydrolysis) is 1. The van der Waals surface area contributed by atoms with Crippen molar-refractivity contribution >= 4 is 24.0 Å². The molecule has 1 aromatic heterocycles. The topological polar surface area (TPSA) is 130 Å². The van der Waals surface area contributed by atoms with Gasteiger partial charge < -0.3 is 24.3 Å². The molecular weight excluding hydrogens is 468 g/mol. The van der Waals surface area contributed by atoms with Gasteiger partial charge in [-0.1, -0.05) is 6.07 Å². The van der Waals surface area contributed by atoms with Crippen molar-refractivity contribution in [1.82, 2.24) is 10.3 Å². The van der Waals surface area contributed by atoms with E-state index in [0.717, 1.165) is 0 Å². The normalized spacial score (nSPS) is 11.3. The van der Waals surface area contributed by atoms with Gasteiger partial charge in [0.15, 0.2) is 11.5 Å². The molecule has 0 atom stereocenters. The van der Waals surface area contributed by atoms with Gasteiger partial charge in [-0.05, 0) is 77.8 Å². The Hall–Kier alpha value is -3.95. The van der Waals surface area contributed by atoms with Gasteiger partial charge in [-0.15, -0.1) is 0 Å². The number of esters is 3. The van der Waals surface area contributed by atoms with Gasteiger partial charge >= 0.3 is 24.0 Å². The predicted molar refractivity (Wildman–Crippen MR) is 129 cm³/mol. The molecule has 0 bridgehead atoms. The van der Waals surface area contributed by atoms with Crippen LogP contribution in [-0.2, 0) is 25.5 Å². The highest BCUT2D eigenvalue weighted by atomic mass is 16.7. The summed E-state index contributed by atoms with van der Waals surface area (Å²) < 4.78 is 20.7. The van der Waals surface area contributed by atoms with Crippen LogP contribution in [0, 0.1) is 10.8 Å². The maximum absolute atomic E-state index is 12.4. The maximum Gasteiger partial charge on any atom is 0.410 e. The van der Waals surface area contributed by atoms with Crippen molar-refractivity contribution in [3.05, 3.63) is 53.9 Å². The molecule has 1 aromatic carbocycles. The molecule has 0 unspecified atom stereocenters. The third-order valence-corrected chi connectivity index (χ3v) is 4.60. The second-order valence-corrected chi connectivity index (χ2v) is 9.96. The molecule has 0 spiro atoms. The zero-order valence-electron chi connectivity index (χ0n) is 21.4. The molecule has 10 nitrogen and oxygen atoms in total. The third-order valence-electron chi connectivity index (χ3n) is 4.60. The molecule has 0 saturated carbocycles. The molecule has 1 N–H and O–H groups in total. The molecule has 0 fully saturated rings. The number of hydrogen-bond donors (Lipinski definition) is 1. The number of amides is 1. The smallest absolute Gasteiger partial charge is 0.410 e. The fraction of sp³-hybridized carbons (Fsp3) is 0.423. The standard InChI is InChI=1S/C26H32N2O8/c1-25(2,3)22(30)35-19-10-9-17(14-20(19)36-23(31)26(4,5)6)11-13-28-24(32)34-16-33-21(29)18-8-7-12-27-15-18/h7-10,12,14-15H,11,13,16H2,1-6H3,(H,28,32). The van der Waals surface area contributed by atoms with Crippen LogP contribution in [0.25, 0.3) is 0 Å². The quantitative estimate of drug-likeness (QED) is 0.324. The summed E-state index contributed by atoms with van der Waals surface area (Å²) in [5, 5.41) is 2.54. The minimum absolute atomic E-state index is 0.106. The average molecular weight is 501 g/mol. The number of nitrogens with zero attached hydrogens (tertiary/aromatic N) is 1. The molecule has 10 heteroatoms. The Labute approximate surface area is 210 Å². The summed E-state index contributed by atoms with van der Waals surface area (Å²) in [5.41, 5.74) is -0.570. The first kappa shape index (κ1) is 28.3. The number of rotatable bonds is 8. The van der Waals surface area contributed by atoms with Crippen molar-refractivity contribution in [2.45, 2.75) is 48.0 Å². The Morgan fingerprint density at radius 2 is 1.50 bits per heavy atom. The van der Waals surface area contributed by atoms with Crippen LogP contribution in [-0.4, -0.2) is 42.3 Å². The lowest BCUT2D eigenvalue weighted by Crippen LogP contribution is -2.28. The summed E-state index contributed by atoms with van der Waals surface area (Å²) >= 11 is 0. The summed E-state index contributed by atoms with van der Waals surface area (Å²) in [6.45, 7) is 9.92. The van der Waals surface area contributed by atoms with E-state index < -0.39 is 41.6 Å². The van der Waals surface area contributed by atoms with Gasteiger partial charge in [0.25, 0.3) is 0 Å².